The molecule has 12 aliphatic rings. The van der Waals surface area contributed by atoms with Crippen molar-refractivity contribution in [2.75, 3.05) is 46.2 Å². The first-order valence-electron chi connectivity index (χ1n) is 35.4. The largest absolute Gasteiger partial charge is 0.432 e. The quantitative estimate of drug-likeness (QED) is 0.0388. The Labute approximate surface area is 583 Å². The van der Waals surface area contributed by atoms with Crippen molar-refractivity contribution in [3.05, 3.63) is 11.6 Å². The Morgan fingerprint density at radius 2 is 1.07 bits per heavy atom. The van der Waals surface area contributed by atoms with Crippen LogP contribution in [0.25, 0.3) is 0 Å². The van der Waals surface area contributed by atoms with E-state index in [1.165, 1.54) is 6.92 Å². The summed E-state index contributed by atoms with van der Waals surface area (Å²) in [5, 5.41) is 211. The van der Waals surface area contributed by atoms with Gasteiger partial charge in [-0.15, -0.1) is 0 Å². The van der Waals surface area contributed by atoms with Crippen molar-refractivity contribution in [1.82, 2.24) is 0 Å². The predicted molar refractivity (Wildman–Crippen MR) is 332 cm³/mol. The highest BCUT2D eigenvalue weighted by Gasteiger charge is 2.73. The van der Waals surface area contributed by atoms with Gasteiger partial charge in [0, 0.05) is 0 Å². The topological polar surface area (TPSA) is 531 Å². The number of carbonyl (C=O) groups is 1. The van der Waals surface area contributed by atoms with Crippen molar-refractivity contribution in [3.63, 3.8) is 0 Å². The second-order valence-electron chi connectivity index (χ2n) is 32.9. The average molecular weight is 1460 g/mol. The Hall–Kier alpha value is -2.07. The summed E-state index contributed by atoms with van der Waals surface area (Å²) in [7, 11) is 0. The number of hydrogen-bond acceptors (Lipinski definition) is 34. The molecule has 4 saturated carbocycles. The van der Waals surface area contributed by atoms with Crippen LogP contribution >= 0.6 is 0 Å². The molecule has 0 aromatic carbocycles. The van der Waals surface area contributed by atoms with Crippen molar-refractivity contribution in [2.24, 2.45) is 50.2 Å². The van der Waals surface area contributed by atoms with Crippen LogP contribution in [0, 0.1) is 50.2 Å². The number of allylic oxidation sites excluding steroid dienone is 2. The number of aliphatic hydroxyl groups excluding tert-OH is 18. The van der Waals surface area contributed by atoms with Crippen LogP contribution in [-0.4, -0.2) is 345 Å². The van der Waals surface area contributed by atoms with Gasteiger partial charge in [-0.1, -0.05) is 60.1 Å². The molecule has 5 aliphatic carbocycles. The van der Waals surface area contributed by atoms with Gasteiger partial charge in [0.05, 0.1) is 70.7 Å². The number of hydrogen-bond donors (Lipinski definition) is 19. The number of aliphatic hydroxyl groups is 19. The molecule has 7 saturated heterocycles. The second-order valence-corrected chi connectivity index (χ2v) is 32.9. The van der Waals surface area contributed by atoms with Gasteiger partial charge in [0.25, 0.3) is 0 Å². The molecule has 0 bridgehead atoms. The Kier molecular flexibility index (Phi) is 22.6. The fraction of sp³-hybridized carbons (Fsp3) is 0.955. The molecular weight excluding hydrogens is 1350 g/mol. The van der Waals surface area contributed by atoms with Crippen LogP contribution < -0.4 is 0 Å². The molecule has 580 valence electrons. The molecule has 7 aliphatic heterocycles. The zero-order chi connectivity index (χ0) is 73.5. The third-order valence-electron chi connectivity index (χ3n) is 25.8. The molecule has 2 unspecified atom stereocenters. The number of carbonyl (C=O) groups excluding carboxylic acids is 1. The maximum absolute atomic E-state index is 15.8. The molecule has 34 nitrogen and oxygen atoms in total. The normalized spacial score (nSPS) is 55.1. The smallest absolute Gasteiger partial charge is 0.317 e. The van der Waals surface area contributed by atoms with Crippen molar-refractivity contribution in [2.45, 2.75) is 303 Å². The monoisotopic (exact) mass is 1460 g/mol. The summed E-state index contributed by atoms with van der Waals surface area (Å²) < 4.78 is 83.2. The van der Waals surface area contributed by atoms with Gasteiger partial charge < -0.3 is 163 Å². The lowest BCUT2D eigenvalue weighted by atomic mass is 9.33. The highest BCUT2D eigenvalue weighted by atomic mass is 16.8. The van der Waals surface area contributed by atoms with Crippen LogP contribution in [0.5, 0.6) is 0 Å². The molecule has 12 rings (SSSR count). The van der Waals surface area contributed by atoms with E-state index in [9.17, 15) is 97.0 Å². The number of rotatable bonds is 16. The predicted octanol–water partition coefficient (Wildman–Crippen LogP) is -6.40. The van der Waals surface area contributed by atoms with Crippen molar-refractivity contribution in [1.29, 1.82) is 0 Å². The Morgan fingerprint density at radius 3 is 1.72 bits per heavy atom. The zero-order valence-electron chi connectivity index (χ0n) is 57.9. The lowest BCUT2D eigenvalue weighted by Gasteiger charge is -2.72. The SMILES string of the molecule is C[C@@H]1O[C@@H](O[C@H]2[C@H](OC(=O)[C@]34CCC(C)(C)C[C@H]3C3=CCC5[C@@]6(C)C[C@H](O)[C@H](O[C@@H]7O[C@H](CO[C@@H]8OC[C@H](O)[C@H](O)[C@H]8O)[C@@H](O)[C@H](O)[C@H]7O)C(C)(C)C6CC[C@@]5(C)[C@]3(C)C[C@H]4O)OC[C@@H](O)[C@@H]2O)[C@H](O)[C@H](O[C@@H]2OC[C@](O)(CO)[C@H]2O)[C@H]1O[C@@H]1OC[C@H](O)[C@H](O[C@@H]2OC[C@@H](O)[C@H](O)[C@H]2O)[C@H]1O. The van der Waals surface area contributed by atoms with E-state index in [1.807, 2.05) is 13.8 Å². The van der Waals surface area contributed by atoms with E-state index >= 15 is 4.79 Å². The Balaban J connectivity index is 0.767. The van der Waals surface area contributed by atoms with Crippen molar-refractivity contribution in [3.8, 4) is 0 Å². The molecule has 0 aromatic rings. The van der Waals surface area contributed by atoms with Gasteiger partial charge in [0.15, 0.2) is 43.8 Å². The lowest BCUT2D eigenvalue weighted by molar-refractivity contribution is -0.386. The van der Waals surface area contributed by atoms with Crippen LogP contribution in [0.4, 0.5) is 0 Å². The maximum Gasteiger partial charge on any atom is 0.317 e. The van der Waals surface area contributed by atoms with Gasteiger partial charge in [-0.3, -0.25) is 4.79 Å². The standard InChI is InChI=1S/C67H108O34/c1-25-47(96-55-45(83)48(32(73)21-90-55)97-54-43(81)38(76)30(71)19-89-54)49(98-59-51(85)66(87,23-68)24-93-59)46(84)57(94-25)99-50-39(77)31(72)20-91-58(50)101-60(86)67-14-13-61(2,3)15-27(67)26-9-10-35-63(6)16-28(69)52(62(4,5)34(63)11-12-64(35,7)65(26,8)17-36(67)74)100-56-44(82)41(79)40(78)33(95-56)22-92-53-42(80)37(75)29(70)18-88-53/h9,25,27-59,68-85,87H,10-24H2,1-8H3/t25-,27-,28-,29-,30+,31+,32-,33+,34?,35?,36+,37-,38-,39-,40+,41-,42+,43+,44+,45+,46+,47-,48-,49-,50+,51-,52-,53-,54-,55-,56-,57-,58-,59-,63-,64+,65+,66+,67+/m0/s1. The summed E-state index contributed by atoms with van der Waals surface area (Å²) >= 11 is 0. The van der Waals surface area contributed by atoms with Gasteiger partial charge in [0.1, 0.15) is 127 Å². The van der Waals surface area contributed by atoms with Crippen molar-refractivity contribution < 1.29 is 168 Å². The van der Waals surface area contributed by atoms with E-state index in [4.69, 9.17) is 66.3 Å². The van der Waals surface area contributed by atoms with E-state index < -0.39 is 275 Å². The molecular formula is C67H108O34. The number of esters is 1. The summed E-state index contributed by atoms with van der Waals surface area (Å²) in [6.45, 7) is 12.0. The van der Waals surface area contributed by atoms with E-state index in [2.05, 4.69) is 40.7 Å². The first-order valence-corrected chi connectivity index (χ1v) is 35.4. The fourth-order valence-corrected chi connectivity index (χ4v) is 19.7. The summed E-state index contributed by atoms with van der Waals surface area (Å²) in [5.74, 6) is -1.78. The average Bonchev–Trinajstić information content (AvgIpc) is 0.907. The van der Waals surface area contributed by atoms with E-state index in [0.29, 0.717) is 32.1 Å². The fourth-order valence-electron chi connectivity index (χ4n) is 19.7. The number of fused-ring (bicyclic) bond motifs is 7. The van der Waals surface area contributed by atoms with Gasteiger partial charge in [-0.2, -0.15) is 0 Å². The van der Waals surface area contributed by atoms with Crippen LogP contribution in [-0.2, 0) is 71.1 Å². The molecule has 19 N–H and O–H groups in total. The van der Waals surface area contributed by atoms with Crippen LogP contribution in [0.2, 0.25) is 0 Å². The molecule has 0 spiro atoms. The van der Waals surface area contributed by atoms with Crippen LogP contribution in [0.3, 0.4) is 0 Å². The molecule has 34 heteroatoms. The van der Waals surface area contributed by atoms with Crippen molar-refractivity contribution >= 4 is 5.97 Å². The third-order valence-corrected chi connectivity index (χ3v) is 25.8. The van der Waals surface area contributed by atoms with Gasteiger partial charge in [-0.25, -0.2) is 0 Å². The first-order chi connectivity index (χ1) is 47.3. The third kappa shape index (κ3) is 13.5. The Bertz CT molecular complexity index is 2900. The summed E-state index contributed by atoms with van der Waals surface area (Å²) in [6, 6.07) is 0. The highest BCUT2D eigenvalue weighted by molar-refractivity contribution is 5.80. The molecule has 7 heterocycles. The van der Waals surface area contributed by atoms with E-state index in [1.54, 1.807) is 0 Å². The summed E-state index contributed by atoms with van der Waals surface area (Å²) in [4.78, 5) is 15.8. The molecule has 101 heavy (non-hydrogen) atoms. The minimum atomic E-state index is -2.25. The molecule has 11 fully saturated rings. The summed E-state index contributed by atoms with van der Waals surface area (Å²) in [5.41, 5.74) is -6.06. The first kappa shape index (κ1) is 78.5. The second kappa shape index (κ2) is 29.1. The molecule has 39 atom stereocenters. The molecule has 0 radical (unpaired) electrons. The van der Waals surface area contributed by atoms with Gasteiger partial charge in [-0.05, 0) is 103 Å². The molecule has 0 aromatic heterocycles. The zero-order valence-corrected chi connectivity index (χ0v) is 57.9. The van der Waals surface area contributed by atoms with Crippen LogP contribution in [0.1, 0.15) is 107 Å². The van der Waals surface area contributed by atoms with E-state index in [-0.39, 0.29) is 43.1 Å². The van der Waals surface area contributed by atoms with Gasteiger partial charge >= 0.3 is 5.97 Å². The highest BCUT2D eigenvalue weighted by Crippen LogP contribution is 2.76. The minimum absolute atomic E-state index is 0.0948. The molecule has 0 amide bonds. The Morgan fingerprint density at radius 1 is 0.515 bits per heavy atom. The summed E-state index contributed by atoms with van der Waals surface area (Å²) in [6.07, 6.45) is -45.9. The maximum atomic E-state index is 15.8. The number of ether oxygens (including phenoxy) is 14. The van der Waals surface area contributed by atoms with E-state index in [0.717, 1.165) is 5.57 Å². The van der Waals surface area contributed by atoms with Crippen LogP contribution in [0.15, 0.2) is 11.6 Å². The minimum Gasteiger partial charge on any atom is -0.432 e. The van der Waals surface area contributed by atoms with Gasteiger partial charge in [0.2, 0.25) is 6.29 Å². The lowest BCUT2D eigenvalue weighted by Crippen LogP contribution is -2.70.